The zero-order valence-corrected chi connectivity index (χ0v) is 15.4. The summed E-state index contributed by atoms with van der Waals surface area (Å²) in [5, 5.41) is 19.9. The molecule has 27 heavy (non-hydrogen) atoms. The Labute approximate surface area is 157 Å². The zero-order chi connectivity index (χ0) is 19.8. The van der Waals surface area contributed by atoms with Gasteiger partial charge in [-0.25, -0.2) is 0 Å². The first kappa shape index (κ1) is 20.2. The quantitative estimate of drug-likeness (QED) is 0.537. The molecule has 1 N–H and O–H groups in total. The molecule has 0 saturated heterocycles. The molecule has 0 saturated carbocycles. The average molecular weight is 370 g/mol. The molecule has 1 aromatic heterocycles. The van der Waals surface area contributed by atoms with Gasteiger partial charge in [0.1, 0.15) is 17.4 Å². The van der Waals surface area contributed by atoms with Crippen LogP contribution in [0.3, 0.4) is 0 Å². The number of nitriles is 1. The van der Waals surface area contributed by atoms with Gasteiger partial charge < -0.3 is 14.6 Å². The van der Waals surface area contributed by atoms with E-state index in [0.717, 1.165) is 4.57 Å². The third kappa shape index (κ3) is 4.74. The van der Waals surface area contributed by atoms with Crippen LogP contribution in [0.15, 0.2) is 35.1 Å². The molecule has 0 bridgehead atoms. The van der Waals surface area contributed by atoms with Crippen LogP contribution in [0.5, 0.6) is 11.6 Å². The van der Waals surface area contributed by atoms with Gasteiger partial charge in [-0.15, -0.1) is 0 Å². The summed E-state index contributed by atoms with van der Waals surface area (Å²) in [6, 6.07) is 10.6. The SMILES string of the molecule is CCOCCCn1c(O)c(C(=O)COc2ccccc2)c(C)c(C#N)c1=O. The summed E-state index contributed by atoms with van der Waals surface area (Å²) in [5.74, 6) is -0.452. The third-order valence-electron chi connectivity index (χ3n) is 4.07. The third-order valence-corrected chi connectivity index (χ3v) is 4.07. The van der Waals surface area contributed by atoms with E-state index in [2.05, 4.69) is 0 Å². The highest BCUT2D eigenvalue weighted by atomic mass is 16.5. The van der Waals surface area contributed by atoms with Crippen molar-refractivity contribution in [2.45, 2.75) is 26.8 Å². The maximum Gasteiger partial charge on any atom is 0.271 e. The first-order valence-electron chi connectivity index (χ1n) is 8.66. The lowest BCUT2D eigenvalue weighted by molar-refractivity contribution is 0.0916. The summed E-state index contributed by atoms with van der Waals surface area (Å²) >= 11 is 0. The van der Waals surface area contributed by atoms with Gasteiger partial charge in [-0.2, -0.15) is 5.26 Å². The average Bonchev–Trinajstić information content (AvgIpc) is 2.67. The molecule has 1 heterocycles. The van der Waals surface area contributed by atoms with Crippen molar-refractivity contribution in [2.75, 3.05) is 19.8 Å². The smallest absolute Gasteiger partial charge is 0.271 e. The molecule has 2 rings (SSSR count). The van der Waals surface area contributed by atoms with Gasteiger partial charge in [0.05, 0.1) is 5.56 Å². The van der Waals surface area contributed by atoms with Gasteiger partial charge in [-0.05, 0) is 38.0 Å². The second-order valence-electron chi connectivity index (χ2n) is 5.84. The van der Waals surface area contributed by atoms with Gasteiger partial charge in [0, 0.05) is 19.8 Å². The van der Waals surface area contributed by atoms with E-state index in [1.807, 2.05) is 19.1 Å². The second-order valence-corrected chi connectivity index (χ2v) is 5.84. The van der Waals surface area contributed by atoms with E-state index in [0.29, 0.717) is 25.4 Å². The largest absolute Gasteiger partial charge is 0.494 e. The van der Waals surface area contributed by atoms with Gasteiger partial charge in [0.25, 0.3) is 5.56 Å². The van der Waals surface area contributed by atoms with E-state index in [1.165, 1.54) is 6.92 Å². The summed E-state index contributed by atoms with van der Waals surface area (Å²) in [4.78, 5) is 25.1. The van der Waals surface area contributed by atoms with Crippen molar-refractivity contribution in [1.29, 1.82) is 5.26 Å². The maximum absolute atomic E-state index is 12.6. The monoisotopic (exact) mass is 370 g/mol. The van der Waals surface area contributed by atoms with Crippen LogP contribution in [0.2, 0.25) is 0 Å². The van der Waals surface area contributed by atoms with Crippen LogP contribution in [0.4, 0.5) is 0 Å². The van der Waals surface area contributed by atoms with Crippen LogP contribution >= 0.6 is 0 Å². The van der Waals surface area contributed by atoms with Crippen LogP contribution in [0.1, 0.15) is 34.8 Å². The Morgan fingerprint density at radius 1 is 1.30 bits per heavy atom. The number of carbonyl (C=O) groups is 1. The molecule has 1 aromatic carbocycles. The summed E-state index contributed by atoms with van der Waals surface area (Å²) < 4.78 is 11.7. The first-order chi connectivity index (χ1) is 13.0. The van der Waals surface area contributed by atoms with Crippen molar-refractivity contribution in [3.8, 4) is 17.7 Å². The van der Waals surface area contributed by atoms with Crippen LogP contribution in [-0.2, 0) is 11.3 Å². The van der Waals surface area contributed by atoms with Crippen molar-refractivity contribution < 1.29 is 19.4 Å². The number of pyridine rings is 1. The van der Waals surface area contributed by atoms with Crippen molar-refractivity contribution in [2.24, 2.45) is 0 Å². The highest BCUT2D eigenvalue weighted by Gasteiger charge is 2.24. The van der Waals surface area contributed by atoms with Crippen molar-refractivity contribution in [3.05, 3.63) is 57.4 Å². The van der Waals surface area contributed by atoms with Gasteiger partial charge >= 0.3 is 0 Å². The van der Waals surface area contributed by atoms with Crippen LogP contribution in [0, 0.1) is 18.3 Å². The number of aromatic hydroxyl groups is 1. The Bertz CT molecular complexity index is 897. The molecule has 0 spiro atoms. The minimum atomic E-state index is -0.621. The Hall–Kier alpha value is -3.11. The molecule has 0 radical (unpaired) electrons. The Morgan fingerprint density at radius 2 is 2.00 bits per heavy atom. The van der Waals surface area contributed by atoms with E-state index in [-0.39, 0.29) is 29.8 Å². The highest BCUT2D eigenvalue weighted by Crippen LogP contribution is 2.23. The first-order valence-corrected chi connectivity index (χ1v) is 8.66. The lowest BCUT2D eigenvalue weighted by Crippen LogP contribution is -2.28. The molecule has 0 aliphatic rings. The van der Waals surface area contributed by atoms with E-state index in [9.17, 15) is 20.0 Å². The summed E-state index contributed by atoms with van der Waals surface area (Å²) in [6.45, 7) is 4.09. The molecular weight excluding hydrogens is 348 g/mol. The fourth-order valence-corrected chi connectivity index (χ4v) is 2.70. The normalized spacial score (nSPS) is 10.4. The molecule has 142 valence electrons. The molecule has 0 aliphatic heterocycles. The minimum Gasteiger partial charge on any atom is -0.494 e. The molecule has 0 aliphatic carbocycles. The van der Waals surface area contributed by atoms with E-state index >= 15 is 0 Å². The number of benzene rings is 1. The van der Waals surface area contributed by atoms with Crippen LogP contribution in [-0.4, -0.2) is 35.3 Å². The highest BCUT2D eigenvalue weighted by molar-refractivity contribution is 6.01. The number of hydrogen-bond acceptors (Lipinski definition) is 6. The number of rotatable bonds is 9. The molecule has 0 atom stereocenters. The lowest BCUT2D eigenvalue weighted by Gasteiger charge is -2.15. The van der Waals surface area contributed by atoms with Gasteiger partial charge in [0.15, 0.2) is 6.61 Å². The van der Waals surface area contributed by atoms with E-state index in [1.54, 1.807) is 24.3 Å². The number of hydrogen-bond donors (Lipinski definition) is 1. The minimum absolute atomic E-state index is 0.0708. The zero-order valence-electron chi connectivity index (χ0n) is 15.4. The fourth-order valence-electron chi connectivity index (χ4n) is 2.70. The summed E-state index contributed by atoms with van der Waals surface area (Å²) in [7, 11) is 0. The van der Waals surface area contributed by atoms with Gasteiger partial charge in [-0.3, -0.25) is 14.2 Å². The molecular formula is C20H22N2O5. The van der Waals surface area contributed by atoms with Crippen LogP contribution < -0.4 is 10.3 Å². The summed E-state index contributed by atoms with van der Waals surface area (Å²) in [6.07, 6.45) is 0.462. The number of Topliss-reactive ketones (excluding diaryl/α,β-unsaturated/α-hetero) is 1. The number of aromatic nitrogens is 1. The number of ketones is 1. The number of carbonyl (C=O) groups excluding carboxylic acids is 1. The topological polar surface area (TPSA) is 102 Å². The molecule has 7 heteroatoms. The van der Waals surface area contributed by atoms with Crippen molar-refractivity contribution in [1.82, 2.24) is 4.57 Å². The number of ether oxygens (including phenoxy) is 2. The van der Waals surface area contributed by atoms with Crippen molar-refractivity contribution in [3.63, 3.8) is 0 Å². The molecule has 0 fully saturated rings. The Kier molecular flexibility index (Phi) is 7.15. The number of para-hydroxylation sites is 1. The standard InChI is InChI=1S/C20H22N2O5/c1-3-26-11-7-10-22-19(24)16(12-21)14(2)18(20(22)25)17(23)13-27-15-8-5-4-6-9-15/h4-6,8-9,25H,3,7,10-11,13H2,1-2H3. The Balaban J connectivity index is 2.32. The van der Waals surface area contributed by atoms with Gasteiger partial charge in [-0.1, -0.05) is 18.2 Å². The fraction of sp³-hybridized carbons (Fsp3) is 0.350. The molecule has 2 aromatic rings. The maximum atomic E-state index is 12.6. The second kappa shape index (κ2) is 9.55. The van der Waals surface area contributed by atoms with Crippen molar-refractivity contribution >= 4 is 5.78 Å². The Morgan fingerprint density at radius 3 is 2.63 bits per heavy atom. The lowest BCUT2D eigenvalue weighted by atomic mass is 10.0. The predicted molar refractivity (Wildman–Crippen MR) is 99.2 cm³/mol. The number of nitrogens with zero attached hydrogens (tertiary/aromatic N) is 2. The molecule has 0 unspecified atom stereocenters. The molecule has 7 nitrogen and oxygen atoms in total. The predicted octanol–water partition coefficient (Wildman–Crippen LogP) is 2.42. The van der Waals surface area contributed by atoms with Crippen LogP contribution in [0.25, 0.3) is 0 Å². The van der Waals surface area contributed by atoms with Gasteiger partial charge in [0.2, 0.25) is 11.7 Å². The van der Waals surface area contributed by atoms with E-state index < -0.39 is 17.2 Å². The molecule has 0 amide bonds. The summed E-state index contributed by atoms with van der Waals surface area (Å²) in [5.41, 5.74) is -0.696. The van der Waals surface area contributed by atoms with E-state index in [4.69, 9.17) is 9.47 Å².